The molecule has 1 spiro atoms. The lowest BCUT2D eigenvalue weighted by Crippen LogP contribution is -2.58. The Balaban J connectivity index is 1.53. The molecule has 40 heavy (non-hydrogen) atoms. The average Bonchev–Trinajstić information content (AvgIpc) is 3.54. The van der Waals surface area contributed by atoms with Crippen LogP contribution in [0.3, 0.4) is 0 Å². The number of nitrogens with one attached hydrogen (secondary N) is 2. The zero-order valence-electron chi connectivity index (χ0n) is 23.4. The van der Waals surface area contributed by atoms with Crippen LogP contribution in [-0.4, -0.2) is 56.4 Å². The van der Waals surface area contributed by atoms with Gasteiger partial charge in [0.15, 0.2) is 0 Å². The van der Waals surface area contributed by atoms with E-state index in [2.05, 4.69) is 17.6 Å². The van der Waals surface area contributed by atoms with Crippen LogP contribution in [0.1, 0.15) is 44.7 Å². The molecule has 7 nitrogen and oxygen atoms in total. The monoisotopic (exact) mass is 583 g/mol. The first-order chi connectivity index (χ1) is 19.1. The van der Waals surface area contributed by atoms with Gasteiger partial charge in [-0.2, -0.15) is 0 Å². The summed E-state index contributed by atoms with van der Waals surface area (Å²) in [5, 5.41) is 17.0. The average molecular weight is 584 g/mol. The van der Waals surface area contributed by atoms with Gasteiger partial charge in [0.1, 0.15) is 6.04 Å². The highest BCUT2D eigenvalue weighted by Crippen LogP contribution is 2.69. The SMILES string of the molecule is CC[C@H](C)[C@H](CO)N1C(=O)[C@@H]2[C@H](C(=O)NCc3ccccc3)[C@@H]3CC(C)C2(S3)C1C(=O)Nc1c(C)cccc1Cl. The summed E-state index contributed by atoms with van der Waals surface area (Å²) in [5.41, 5.74) is 2.33. The summed E-state index contributed by atoms with van der Waals surface area (Å²) in [4.78, 5) is 44.1. The molecule has 3 heterocycles. The predicted molar refractivity (Wildman–Crippen MR) is 159 cm³/mol. The largest absolute Gasteiger partial charge is 0.394 e. The van der Waals surface area contributed by atoms with Gasteiger partial charge in [-0.15, -0.1) is 11.8 Å². The quantitative estimate of drug-likeness (QED) is 0.399. The van der Waals surface area contributed by atoms with Gasteiger partial charge in [0.05, 0.1) is 39.9 Å². The van der Waals surface area contributed by atoms with Crippen molar-refractivity contribution < 1.29 is 19.5 Å². The van der Waals surface area contributed by atoms with E-state index in [1.807, 2.05) is 63.2 Å². The Morgan fingerprint density at radius 2 is 1.90 bits per heavy atom. The molecule has 3 fully saturated rings. The van der Waals surface area contributed by atoms with E-state index in [0.717, 1.165) is 24.0 Å². The van der Waals surface area contributed by atoms with E-state index < -0.39 is 28.7 Å². The zero-order chi connectivity index (χ0) is 28.8. The smallest absolute Gasteiger partial charge is 0.248 e. The molecule has 2 aromatic carbocycles. The topological polar surface area (TPSA) is 98.7 Å². The van der Waals surface area contributed by atoms with Gasteiger partial charge >= 0.3 is 0 Å². The lowest BCUT2D eigenvalue weighted by atomic mass is 9.66. The number of anilines is 1. The van der Waals surface area contributed by atoms with Crippen LogP contribution in [0.15, 0.2) is 48.5 Å². The lowest BCUT2D eigenvalue weighted by Gasteiger charge is -2.41. The molecule has 0 radical (unpaired) electrons. The van der Waals surface area contributed by atoms with E-state index in [4.69, 9.17) is 11.6 Å². The summed E-state index contributed by atoms with van der Waals surface area (Å²) in [7, 11) is 0. The number of aliphatic hydroxyl groups is 1. The van der Waals surface area contributed by atoms with Gasteiger partial charge in [0.25, 0.3) is 0 Å². The Morgan fingerprint density at radius 1 is 1.18 bits per heavy atom. The second kappa shape index (κ2) is 11.4. The van der Waals surface area contributed by atoms with Crippen molar-refractivity contribution in [1.82, 2.24) is 10.2 Å². The number of amides is 3. The van der Waals surface area contributed by atoms with Crippen molar-refractivity contribution >= 4 is 46.8 Å². The molecule has 2 aromatic rings. The molecule has 5 rings (SSSR count). The highest BCUT2D eigenvalue weighted by atomic mass is 35.5. The highest BCUT2D eigenvalue weighted by molar-refractivity contribution is 8.02. The number of thioether (sulfide) groups is 1. The standard InChI is InChI=1S/C31H38ClN3O4S/c1-5-17(2)22(16-36)35-27(29(38)34-26-18(3)10-9-13-21(26)32)31-19(4)14-23(40-31)24(25(31)30(35)39)28(37)33-15-20-11-7-6-8-12-20/h6-13,17,19,22-25,27,36H,5,14-16H2,1-4H3,(H,33,37)(H,34,38)/t17-,19?,22-,23-,24+,25-,27?,31?/m0/s1. The molecule has 0 aliphatic carbocycles. The molecular weight excluding hydrogens is 546 g/mol. The fourth-order valence-corrected chi connectivity index (χ4v) is 9.79. The minimum Gasteiger partial charge on any atom is -0.394 e. The number of aliphatic hydroxyl groups excluding tert-OH is 1. The minimum absolute atomic E-state index is 0.0268. The maximum Gasteiger partial charge on any atom is 0.248 e. The van der Waals surface area contributed by atoms with Crippen molar-refractivity contribution in [1.29, 1.82) is 0 Å². The van der Waals surface area contributed by atoms with Crippen LogP contribution in [0.4, 0.5) is 5.69 Å². The van der Waals surface area contributed by atoms with Crippen LogP contribution >= 0.6 is 23.4 Å². The summed E-state index contributed by atoms with van der Waals surface area (Å²) < 4.78 is -0.781. The summed E-state index contributed by atoms with van der Waals surface area (Å²) in [6.07, 6.45) is 1.48. The van der Waals surface area contributed by atoms with Crippen molar-refractivity contribution in [3.05, 3.63) is 64.7 Å². The Morgan fingerprint density at radius 3 is 2.55 bits per heavy atom. The summed E-state index contributed by atoms with van der Waals surface area (Å²) in [6, 6.07) is 13.7. The van der Waals surface area contributed by atoms with Crippen LogP contribution < -0.4 is 10.6 Å². The molecule has 3 unspecified atom stereocenters. The number of aryl methyl sites for hydroxylation is 1. The number of carbonyl (C=O) groups excluding carboxylic acids is 3. The third-order valence-corrected chi connectivity index (χ3v) is 11.8. The number of benzene rings is 2. The summed E-state index contributed by atoms with van der Waals surface area (Å²) in [6.45, 7) is 8.09. The molecule has 9 heteroatoms. The van der Waals surface area contributed by atoms with Gasteiger partial charge in [-0.1, -0.05) is 81.3 Å². The normalized spacial score (nSPS) is 30.2. The lowest BCUT2D eigenvalue weighted by molar-refractivity contribution is -0.143. The number of carbonyl (C=O) groups is 3. The second-order valence-corrected chi connectivity index (χ2v) is 13.5. The first-order valence-corrected chi connectivity index (χ1v) is 15.4. The van der Waals surface area contributed by atoms with Crippen LogP contribution in [-0.2, 0) is 20.9 Å². The fourth-order valence-electron chi connectivity index (χ4n) is 7.12. The first kappa shape index (κ1) is 29.0. The first-order valence-electron chi connectivity index (χ1n) is 14.1. The third-order valence-electron chi connectivity index (χ3n) is 9.36. The maximum absolute atomic E-state index is 14.4. The Hall–Kier alpha value is -2.55. The molecule has 3 amide bonds. The molecular formula is C31H38ClN3O4S. The van der Waals surface area contributed by atoms with Crippen molar-refractivity contribution in [2.45, 2.75) is 69.2 Å². The van der Waals surface area contributed by atoms with Gasteiger partial charge in [-0.25, -0.2) is 0 Å². The molecule has 8 atom stereocenters. The minimum atomic E-state index is -0.844. The van der Waals surface area contributed by atoms with Crippen LogP contribution in [0.25, 0.3) is 0 Å². The molecule has 2 bridgehead atoms. The fraction of sp³-hybridized carbons (Fsp3) is 0.516. The Labute approximate surface area is 245 Å². The molecule has 0 saturated carbocycles. The van der Waals surface area contributed by atoms with Gasteiger partial charge < -0.3 is 20.6 Å². The second-order valence-electron chi connectivity index (χ2n) is 11.6. The zero-order valence-corrected chi connectivity index (χ0v) is 25.0. The Bertz CT molecular complexity index is 1270. The number of hydrogen-bond acceptors (Lipinski definition) is 5. The van der Waals surface area contributed by atoms with Gasteiger partial charge in [0.2, 0.25) is 17.7 Å². The molecule has 3 N–H and O–H groups in total. The molecule has 3 saturated heterocycles. The predicted octanol–water partition coefficient (Wildman–Crippen LogP) is 4.65. The number of para-hydroxylation sites is 1. The molecule has 214 valence electrons. The molecule has 0 aromatic heterocycles. The summed E-state index contributed by atoms with van der Waals surface area (Å²) in [5.74, 6) is -1.89. The summed E-state index contributed by atoms with van der Waals surface area (Å²) >= 11 is 8.11. The number of hydrogen-bond donors (Lipinski definition) is 3. The van der Waals surface area contributed by atoms with Gasteiger partial charge in [0, 0.05) is 11.8 Å². The molecule has 3 aliphatic rings. The van der Waals surface area contributed by atoms with E-state index in [9.17, 15) is 19.5 Å². The van der Waals surface area contributed by atoms with Crippen LogP contribution in [0, 0.1) is 30.6 Å². The van der Waals surface area contributed by atoms with Crippen molar-refractivity contribution in [2.24, 2.45) is 23.7 Å². The number of halogens is 1. The van der Waals surface area contributed by atoms with Gasteiger partial charge in [-0.05, 0) is 42.4 Å². The number of fused-ring (bicyclic) bond motifs is 1. The van der Waals surface area contributed by atoms with Crippen molar-refractivity contribution in [3.8, 4) is 0 Å². The van der Waals surface area contributed by atoms with E-state index in [-0.39, 0.29) is 41.4 Å². The van der Waals surface area contributed by atoms with Crippen LogP contribution in [0.2, 0.25) is 5.02 Å². The van der Waals surface area contributed by atoms with E-state index in [1.165, 1.54) is 0 Å². The van der Waals surface area contributed by atoms with E-state index in [0.29, 0.717) is 17.3 Å². The van der Waals surface area contributed by atoms with Gasteiger partial charge in [-0.3, -0.25) is 14.4 Å². The van der Waals surface area contributed by atoms with Crippen molar-refractivity contribution in [2.75, 3.05) is 11.9 Å². The highest BCUT2D eigenvalue weighted by Gasteiger charge is 2.76. The number of likely N-dealkylation sites (tertiary alicyclic amines) is 1. The van der Waals surface area contributed by atoms with E-state index in [1.54, 1.807) is 22.7 Å². The Kier molecular flexibility index (Phi) is 8.24. The van der Waals surface area contributed by atoms with Crippen LogP contribution in [0.5, 0.6) is 0 Å². The van der Waals surface area contributed by atoms with Crippen molar-refractivity contribution in [3.63, 3.8) is 0 Å². The van der Waals surface area contributed by atoms with E-state index >= 15 is 0 Å². The molecule has 3 aliphatic heterocycles. The third kappa shape index (κ3) is 4.62. The number of rotatable bonds is 9. The number of nitrogens with zero attached hydrogens (tertiary/aromatic N) is 1. The maximum atomic E-state index is 14.4.